The Morgan fingerprint density at radius 1 is 1.30 bits per heavy atom. The zero-order chi connectivity index (χ0) is 19.2. The van der Waals surface area contributed by atoms with Crippen molar-refractivity contribution in [3.63, 3.8) is 0 Å². The summed E-state index contributed by atoms with van der Waals surface area (Å²) in [5.41, 5.74) is 0.829. The predicted octanol–water partition coefficient (Wildman–Crippen LogP) is 1.22. The Morgan fingerprint density at radius 3 is 2.85 bits per heavy atom. The number of rotatable bonds is 7. The van der Waals surface area contributed by atoms with E-state index in [1.54, 1.807) is 38.5 Å². The van der Waals surface area contributed by atoms with Gasteiger partial charge in [0, 0.05) is 24.8 Å². The maximum atomic E-state index is 12.2. The Hall–Kier alpha value is -2.87. The number of carbonyl (C=O) groups is 1. The van der Waals surface area contributed by atoms with Gasteiger partial charge in [-0.1, -0.05) is 0 Å². The van der Waals surface area contributed by atoms with Crippen LogP contribution in [0.3, 0.4) is 0 Å². The SMILES string of the molecule is COc1ccc(OC)c(-c2ccc(=O)n(CC(=O)NCC3CCCO3)n2)c1. The molecule has 27 heavy (non-hydrogen) atoms. The van der Waals surface area contributed by atoms with Gasteiger partial charge < -0.3 is 19.5 Å². The highest BCUT2D eigenvalue weighted by molar-refractivity contribution is 5.75. The first-order chi connectivity index (χ1) is 13.1. The molecule has 1 aliphatic heterocycles. The third-order valence-electron chi connectivity index (χ3n) is 4.39. The van der Waals surface area contributed by atoms with E-state index in [-0.39, 0.29) is 24.1 Å². The van der Waals surface area contributed by atoms with Crippen LogP contribution in [0.1, 0.15) is 12.8 Å². The minimum Gasteiger partial charge on any atom is -0.497 e. The standard InChI is InChI=1S/C19H23N3O5/c1-25-13-5-7-17(26-2)15(10-13)16-6-8-19(24)22(21-16)12-18(23)20-11-14-4-3-9-27-14/h5-8,10,14H,3-4,9,11-12H2,1-2H3,(H,20,23). The van der Waals surface area contributed by atoms with Gasteiger partial charge in [0.15, 0.2) is 0 Å². The summed E-state index contributed by atoms with van der Waals surface area (Å²) >= 11 is 0. The van der Waals surface area contributed by atoms with Gasteiger partial charge in [-0.3, -0.25) is 9.59 Å². The number of ether oxygens (including phenoxy) is 3. The summed E-state index contributed by atoms with van der Waals surface area (Å²) in [7, 11) is 3.12. The van der Waals surface area contributed by atoms with E-state index in [4.69, 9.17) is 14.2 Å². The van der Waals surface area contributed by atoms with E-state index in [9.17, 15) is 9.59 Å². The van der Waals surface area contributed by atoms with Crippen LogP contribution in [-0.2, 0) is 16.1 Å². The first-order valence-electron chi connectivity index (χ1n) is 8.79. The maximum absolute atomic E-state index is 12.2. The molecule has 0 saturated carbocycles. The van der Waals surface area contributed by atoms with Crippen LogP contribution in [0.5, 0.6) is 11.5 Å². The fourth-order valence-electron chi connectivity index (χ4n) is 2.94. The molecule has 1 aromatic heterocycles. The van der Waals surface area contributed by atoms with Crippen LogP contribution in [0.15, 0.2) is 35.1 Å². The summed E-state index contributed by atoms with van der Waals surface area (Å²) in [5.74, 6) is 0.950. The van der Waals surface area contributed by atoms with E-state index in [0.717, 1.165) is 24.1 Å². The van der Waals surface area contributed by atoms with Crippen molar-refractivity contribution in [3.05, 3.63) is 40.7 Å². The second kappa shape index (κ2) is 8.68. The second-order valence-corrected chi connectivity index (χ2v) is 6.22. The normalized spacial score (nSPS) is 16.1. The third kappa shape index (κ3) is 4.65. The lowest BCUT2D eigenvalue weighted by Crippen LogP contribution is -2.37. The molecule has 1 saturated heterocycles. The number of methoxy groups -OCH3 is 2. The number of hydrogen-bond donors (Lipinski definition) is 1. The van der Waals surface area contributed by atoms with Gasteiger partial charge in [-0.25, -0.2) is 4.68 Å². The molecule has 0 radical (unpaired) electrons. The number of hydrogen-bond acceptors (Lipinski definition) is 6. The lowest BCUT2D eigenvalue weighted by molar-refractivity contribution is -0.122. The van der Waals surface area contributed by atoms with Crippen molar-refractivity contribution in [2.75, 3.05) is 27.4 Å². The largest absolute Gasteiger partial charge is 0.497 e. The predicted molar refractivity (Wildman–Crippen MR) is 99.0 cm³/mol. The fraction of sp³-hybridized carbons (Fsp3) is 0.421. The Labute approximate surface area is 157 Å². The van der Waals surface area contributed by atoms with Crippen molar-refractivity contribution in [1.82, 2.24) is 15.1 Å². The van der Waals surface area contributed by atoms with E-state index in [1.807, 2.05) is 0 Å². The van der Waals surface area contributed by atoms with Crippen molar-refractivity contribution >= 4 is 5.91 Å². The summed E-state index contributed by atoms with van der Waals surface area (Å²) in [6.07, 6.45) is 1.99. The molecule has 0 aliphatic carbocycles. The van der Waals surface area contributed by atoms with E-state index in [0.29, 0.717) is 29.3 Å². The lowest BCUT2D eigenvalue weighted by Gasteiger charge is -2.13. The van der Waals surface area contributed by atoms with Crippen molar-refractivity contribution in [2.24, 2.45) is 0 Å². The molecule has 8 heteroatoms. The minimum absolute atomic E-state index is 0.0472. The molecule has 0 spiro atoms. The van der Waals surface area contributed by atoms with Crippen LogP contribution in [0.2, 0.25) is 0 Å². The Morgan fingerprint density at radius 2 is 2.15 bits per heavy atom. The van der Waals surface area contributed by atoms with Crippen molar-refractivity contribution in [2.45, 2.75) is 25.5 Å². The van der Waals surface area contributed by atoms with Gasteiger partial charge in [-0.05, 0) is 37.1 Å². The molecule has 0 bridgehead atoms. The highest BCUT2D eigenvalue weighted by atomic mass is 16.5. The molecule has 1 amide bonds. The summed E-state index contributed by atoms with van der Waals surface area (Å²) in [5, 5.41) is 7.11. The Bertz CT molecular complexity index is 859. The number of benzene rings is 1. The average molecular weight is 373 g/mol. The monoisotopic (exact) mass is 373 g/mol. The van der Waals surface area contributed by atoms with Crippen molar-refractivity contribution in [3.8, 4) is 22.8 Å². The van der Waals surface area contributed by atoms with E-state index in [2.05, 4.69) is 10.4 Å². The molecular formula is C19H23N3O5. The number of nitrogens with one attached hydrogen (secondary N) is 1. The first kappa shape index (κ1) is 18.9. The van der Waals surface area contributed by atoms with E-state index >= 15 is 0 Å². The number of amides is 1. The van der Waals surface area contributed by atoms with Crippen LogP contribution >= 0.6 is 0 Å². The topological polar surface area (TPSA) is 91.7 Å². The molecule has 1 N–H and O–H groups in total. The van der Waals surface area contributed by atoms with Crippen LogP contribution in [0.25, 0.3) is 11.3 Å². The Kier molecular flexibility index (Phi) is 6.08. The number of nitrogens with zero attached hydrogens (tertiary/aromatic N) is 2. The lowest BCUT2D eigenvalue weighted by atomic mass is 10.1. The summed E-state index contributed by atoms with van der Waals surface area (Å²) < 4.78 is 17.2. The highest BCUT2D eigenvalue weighted by Crippen LogP contribution is 2.31. The minimum atomic E-state index is -0.354. The van der Waals surface area contributed by atoms with Gasteiger partial charge >= 0.3 is 0 Å². The van der Waals surface area contributed by atoms with Gasteiger partial charge in [0.05, 0.1) is 26.0 Å². The second-order valence-electron chi connectivity index (χ2n) is 6.22. The smallest absolute Gasteiger partial charge is 0.267 e. The molecule has 3 rings (SSSR count). The molecule has 1 unspecified atom stereocenters. The van der Waals surface area contributed by atoms with Crippen LogP contribution in [0, 0.1) is 0 Å². The summed E-state index contributed by atoms with van der Waals surface area (Å²) in [6.45, 7) is 1.01. The van der Waals surface area contributed by atoms with Gasteiger partial charge in [0.1, 0.15) is 18.0 Å². The zero-order valence-corrected chi connectivity index (χ0v) is 15.4. The van der Waals surface area contributed by atoms with Crippen molar-refractivity contribution in [1.29, 1.82) is 0 Å². The quantitative estimate of drug-likeness (QED) is 0.785. The summed E-state index contributed by atoms with van der Waals surface area (Å²) in [4.78, 5) is 24.3. The molecule has 1 aromatic carbocycles. The number of aromatic nitrogens is 2. The fourth-order valence-corrected chi connectivity index (χ4v) is 2.94. The maximum Gasteiger partial charge on any atom is 0.267 e. The highest BCUT2D eigenvalue weighted by Gasteiger charge is 2.17. The molecule has 1 atom stereocenters. The van der Waals surface area contributed by atoms with Crippen molar-refractivity contribution < 1.29 is 19.0 Å². The summed E-state index contributed by atoms with van der Waals surface area (Å²) in [6, 6.07) is 8.29. The van der Waals surface area contributed by atoms with Crippen LogP contribution in [0.4, 0.5) is 0 Å². The molecule has 2 heterocycles. The van der Waals surface area contributed by atoms with E-state index < -0.39 is 0 Å². The molecule has 144 valence electrons. The molecule has 1 aliphatic rings. The van der Waals surface area contributed by atoms with Gasteiger partial charge in [0.25, 0.3) is 5.56 Å². The van der Waals surface area contributed by atoms with Gasteiger partial charge in [0.2, 0.25) is 5.91 Å². The number of carbonyl (C=O) groups excluding carboxylic acids is 1. The van der Waals surface area contributed by atoms with Gasteiger partial charge in [-0.2, -0.15) is 5.10 Å². The molecular weight excluding hydrogens is 350 g/mol. The van der Waals surface area contributed by atoms with E-state index in [1.165, 1.54) is 6.07 Å². The zero-order valence-electron chi connectivity index (χ0n) is 15.4. The first-order valence-corrected chi connectivity index (χ1v) is 8.79. The molecule has 8 nitrogen and oxygen atoms in total. The third-order valence-corrected chi connectivity index (χ3v) is 4.39. The van der Waals surface area contributed by atoms with Crippen LogP contribution in [-0.4, -0.2) is 49.2 Å². The average Bonchev–Trinajstić information content (AvgIpc) is 3.21. The van der Waals surface area contributed by atoms with Crippen LogP contribution < -0.4 is 20.3 Å². The Balaban J connectivity index is 1.78. The van der Waals surface area contributed by atoms with Gasteiger partial charge in [-0.15, -0.1) is 0 Å². The molecule has 1 fully saturated rings. The molecule has 2 aromatic rings.